The smallest absolute Gasteiger partial charge is 0.0165 e. The summed E-state index contributed by atoms with van der Waals surface area (Å²) in [7, 11) is 2.23. The van der Waals surface area contributed by atoms with Gasteiger partial charge in [0.05, 0.1) is 0 Å². The molecule has 0 radical (unpaired) electrons. The molecule has 88 valence electrons. The van der Waals surface area contributed by atoms with Gasteiger partial charge in [-0.15, -0.1) is 0 Å². The van der Waals surface area contributed by atoms with Crippen LogP contribution in [0.5, 0.6) is 0 Å². The topological polar surface area (TPSA) is 6.48 Å². The van der Waals surface area contributed by atoms with Crippen molar-refractivity contribution in [3.63, 3.8) is 0 Å². The molecule has 0 aliphatic carbocycles. The van der Waals surface area contributed by atoms with Crippen LogP contribution in [-0.4, -0.2) is 47.6 Å². The van der Waals surface area contributed by atoms with E-state index in [1.165, 1.54) is 26.1 Å². The van der Waals surface area contributed by atoms with Crippen molar-refractivity contribution >= 4 is 0 Å². The summed E-state index contributed by atoms with van der Waals surface area (Å²) in [6.45, 7) is 15.7. The summed E-state index contributed by atoms with van der Waals surface area (Å²) in [6.07, 6.45) is 1.36. The second kappa shape index (κ2) is 2.98. The normalized spacial score (nSPS) is 30.8. The second-order valence-corrected chi connectivity index (χ2v) is 7.42. The molecule has 0 aromatic rings. The van der Waals surface area contributed by atoms with Crippen molar-refractivity contribution in [2.45, 2.75) is 52.1 Å². The van der Waals surface area contributed by atoms with E-state index in [4.69, 9.17) is 0 Å². The molecule has 2 aliphatic heterocycles. The SMILES string of the molecule is CN1CC2(C1)CN(C(C)(C)C)C(C)(C)C2. The van der Waals surface area contributed by atoms with E-state index in [-0.39, 0.29) is 0 Å². The molecular formula is C13H26N2. The van der Waals surface area contributed by atoms with Crippen LogP contribution < -0.4 is 0 Å². The highest BCUT2D eigenvalue weighted by atomic mass is 15.3. The molecule has 1 spiro atoms. The van der Waals surface area contributed by atoms with Gasteiger partial charge in [-0.1, -0.05) is 0 Å². The minimum Gasteiger partial charge on any atom is -0.305 e. The van der Waals surface area contributed by atoms with Gasteiger partial charge in [-0.25, -0.2) is 0 Å². The number of rotatable bonds is 0. The quantitative estimate of drug-likeness (QED) is 0.605. The maximum Gasteiger partial charge on any atom is 0.0165 e. The zero-order valence-electron chi connectivity index (χ0n) is 11.2. The van der Waals surface area contributed by atoms with Crippen LogP contribution >= 0.6 is 0 Å². The van der Waals surface area contributed by atoms with Crippen LogP contribution in [0.3, 0.4) is 0 Å². The van der Waals surface area contributed by atoms with Gasteiger partial charge in [-0.3, -0.25) is 4.90 Å². The Morgan fingerprint density at radius 3 is 1.87 bits per heavy atom. The molecule has 0 saturated carbocycles. The monoisotopic (exact) mass is 210 g/mol. The van der Waals surface area contributed by atoms with E-state index in [1.54, 1.807) is 0 Å². The summed E-state index contributed by atoms with van der Waals surface area (Å²) < 4.78 is 0. The largest absolute Gasteiger partial charge is 0.305 e. The standard InChI is InChI=1S/C13H26N2/c1-11(2,3)15-10-13(7-12(15,4)5)8-14(6)9-13/h7-10H2,1-6H3. The molecule has 0 N–H and O–H groups in total. The Bertz CT molecular complexity index is 256. The predicted molar refractivity (Wildman–Crippen MR) is 65.1 cm³/mol. The van der Waals surface area contributed by atoms with Gasteiger partial charge in [0, 0.05) is 36.1 Å². The summed E-state index contributed by atoms with van der Waals surface area (Å²) in [5, 5.41) is 0. The first-order chi connectivity index (χ1) is 6.65. The Kier molecular flexibility index (Phi) is 2.27. The number of nitrogens with zero attached hydrogens (tertiary/aromatic N) is 2. The average molecular weight is 210 g/mol. The van der Waals surface area contributed by atoms with Crippen molar-refractivity contribution in [1.82, 2.24) is 9.80 Å². The lowest BCUT2D eigenvalue weighted by Crippen LogP contribution is -2.56. The van der Waals surface area contributed by atoms with E-state index in [2.05, 4.69) is 51.5 Å². The first-order valence-electron chi connectivity index (χ1n) is 6.11. The van der Waals surface area contributed by atoms with E-state index in [0.29, 0.717) is 16.5 Å². The molecule has 0 aromatic heterocycles. The summed E-state index contributed by atoms with van der Waals surface area (Å²) in [4.78, 5) is 5.15. The highest BCUT2D eigenvalue weighted by Gasteiger charge is 2.55. The molecule has 2 rings (SSSR count). The molecule has 15 heavy (non-hydrogen) atoms. The molecule has 2 nitrogen and oxygen atoms in total. The maximum absolute atomic E-state index is 2.70. The van der Waals surface area contributed by atoms with Crippen molar-refractivity contribution in [2.75, 3.05) is 26.7 Å². The van der Waals surface area contributed by atoms with Crippen molar-refractivity contribution in [1.29, 1.82) is 0 Å². The summed E-state index contributed by atoms with van der Waals surface area (Å²) >= 11 is 0. The molecule has 0 aromatic carbocycles. The zero-order chi connectivity index (χ0) is 11.5. The summed E-state index contributed by atoms with van der Waals surface area (Å²) in [5.41, 5.74) is 1.28. The van der Waals surface area contributed by atoms with Gasteiger partial charge in [-0.05, 0) is 48.1 Å². The fourth-order valence-corrected chi connectivity index (χ4v) is 4.07. The number of likely N-dealkylation sites (tertiary alicyclic amines) is 2. The second-order valence-electron chi connectivity index (χ2n) is 7.42. The molecule has 2 fully saturated rings. The summed E-state index contributed by atoms with van der Waals surface area (Å²) in [6, 6.07) is 0. The maximum atomic E-state index is 2.70. The first-order valence-corrected chi connectivity index (χ1v) is 6.11. The van der Waals surface area contributed by atoms with Crippen LogP contribution in [0, 0.1) is 5.41 Å². The lowest BCUT2D eigenvalue weighted by Gasteiger charge is -2.47. The number of hydrogen-bond donors (Lipinski definition) is 0. The van der Waals surface area contributed by atoms with Crippen LogP contribution in [-0.2, 0) is 0 Å². The lowest BCUT2D eigenvalue weighted by atomic mass is 9.76. The Hall–Kier alpha value is -0.0800. The highest BCUT2D eigenvalue weighted by Crippen LogP contribution is 2.49. The Morgan fingerprint density at radius 1 is 1.00 bits per heavy atom. The molecule has 0 unspecified atom stereocenters. The van der Waals surface area contributed by atoms with E-state index >= 15 is 0 Å². The van der Waals surface area contributed by atoms with Gasteiger partial charge in [0.25, 0.3) is 0 Å². The van der Waals surface area contributed by atoms with Crippen molar-refractivity contribution in [3.8, 4) is 0 Å². The van der Waals surface area contributed by atoms with Gasteiger partial charge in [0.1, 0.15) is 0 Å². The number of hydrogen-bond acceptors (Lipinski definition) is 2. The molecule has 0 atom stereocenters. The molecule has 2 aliphatic rings. The van der Waals surface area contributed by atoms with Crippen LogP contribution in [0.2, 0.25) is 0 Å². The van der Waals surface area contributed by atoms with Gasteiger partial charge < -0.3 is 4.90 Å². The van der Waals surface area contributed by atoms with E-state index < -0.39 is 0 Å². The minimum absolute atomic E-state index is 0.307. The van der Waals surface area contributed by atoms with Crippen LogP contribution in [0.25, 0.3) is 0 Å². The third kappa shape index (κ3) is 1.83. The van der Waals surface area contributed by atoms with Crippen molar-refractivity contribution in [2.24, 2.45) is 5.41 Å². The molecule has 0 bridgehead atoms. The van der Waals surface area contributed by atoms with E-state index in [1.807, 2.05) is 0 Å². The van der Waals surface area contributed by atoms with Gasteiger partial charge in [-0.2, -0.15) is 0 Å². The molecule has 2 heterocycles. The zero-order valence-corrected chi connectivity index (χ0v) is 11.2. The highest BCUT2D eigenvalue weighted by molar-refractivity contribution is 5.10. The Labute approximate surface area is 94.6 Å². The molecular weight excluding hydrogens is 184 g/mol. The van der Waals surface area contributed by atoms with Crippen LogP contribution in [0.1, 0.15) is 41.0 Å². The van der Waals surface area contributed by atoms with Crippen molar-refractivity contribution < 1.29 is 0 Å². The minimum atomic E-state index is 0.307. The third-order valence-corrected chi connectivity index (χ3v) is 4.05. The molecule has 2 saturated heterocycles. The fourth-order valence-electron chi connectivity index (χ4n) is 4.07. The molecule has 2 heteroatoms. The molecule has 0 amide bonds. The van der Waals surface area contributed by atoms with E-state index in [9.17, 15) is 0 Å². The third-order valence-electron chi connectivity index (χ3n) is 4.05. The van der Waals surface area contributed by atoms with Crippen molar-refractivity contribution in [3.05, 3.63) is 0 Å². The predicted octanol–water partition coefficient (Wildman–Crippen LogP) is 2.20. The fraction of sp³-hybridized carbons (Fsp3) is 1.00. The summed E-state index contributed by atoms with van der Waals surface area (Å²) in [5.74, 6) is 0. The van der Waals surface area contributed by atoms with Gasteiger partial charge >= 0.3 is 0 Å². The van der Waals surface area contributed by atoms with E-state index in [0.717, 1.165) is 0 Å². The average Bonchev–Trinajstić information content (AvgIpc) is 2.19. The Morgan fingerprint density at radius 2 is 1.53 bits per heavy atom. The van der Waals surface area contributed by atoms with Crippen LogP contribution in [0.15, 0.2) is 0 Å². The first kappa shape index (κ1) is 11.4. The van der Waals surface area contributed by atoms with Crippen LogP contribution in [0.4, 0.5) is 0 Å². The van der Waals surface area contributed by atoms with Gasteiger partial charge in [0.2, 0.25) is 0 Å². The Balaban J connectivity index is 2.15. The lowest BCUT2D eigenvalue weighted by molar-refractivity contribution is 0.0180. The van der Waals surface area contributed by atoms with Gasteiger partial charge in [0.15, 0.2) is 0 Å².